The number of rotatable bonds is 2. The van der Waals surface area contributed by atoms with Gasteiger partial charge in [0.05, 0.1) is 6.10 Å². The highest BCUT2D eigenvalue weighted by Crippen LogP contribution is 2.24. The van der Waals surface area contributed by atoms with E-state index in [-0.39, 0.29) is 6.10 Å². The van der Waals surface area contributed by atoms with E-state index in [1.54, 1.807) is 0 Å². The Hall–Kier alpha value is -1.55. The molecular weight excluding hydrogens is 216 g/mol. The topological polar surface area (TPSA) is 58.3 Å². The number of anilines is 1. The zero-order chi connectivity index (χ0) is 11.7. The molecule has 4 heteroatoms. The lowest BCUT2D eigenvalue weighted by atomic mass is 9.93. The summed E-state index contributed by atoms with van der Waals surface area (Å²) < 4.78 is 5.27. The minimum absolute atomic E-state index is 0.107. The van der Waals surface area contributed by atoms with Crippen LogP contribution in [0.15, 0.2) is 29.0 Å². The first-order valence-corrected chi connectivity index (χ1v) is 6.09. The van der Waals surface area contributed by atoms with Crippen molar-refractivity contribution in [3.8, 4) is 0 Å². The van der Waals surface area contributed by atoms with Crippen LogP contribution in [0.25, 0.3) is 11.1 Å². The van der Waals surface area contributed by atoms with Crippen LogP contribution in [0.4, 0.5) is 5.69 Å². The summed E-state index contributed by atoms with van der Waals surface area (Å²) in [6.07, 6.45) is 5.19. The standard InChI is InChI=1S/C13H16N2O2/c16-11-4-1-9(2-5-11)15-10-3-6-12-13(7-10)17-8-14-12/h3,6-9,11,15-16H,1-2,4-5H2. The molecule has 90 valence electrons. The highest BCUT2D eigenvalue weighted by molar-refractivity contribution is 5.76. The number of fused-ring (bicyclic) bond motifs is 1. The number of aliphatic hydroxyl groups excluding tert-OH is 1. The number of hydrogen-bond acceptors (Lipinski definition) is 4. The molecule has 0 bridgehead atoms. The Morgan fingerprint density at radius 3 is 2.88 bits per heavy atom. The van der Waals surface area contributed by atoms with Gasteiger partial charge in [0, 0.05) is 17.8 Å². The van der Waals surface area contributed by atoms with Gasteiger partial charge in [-0.1, -0.05) is 0 Å². The van der Waals surface area contributed by atoms with Crippen molar-refractivity contribution in [2.24, 2.45) is 0 Å². The summed E-state index contributed by atoms with van der Waals surface area (Å²) >= 11 is 0. The van der Waals surface area contributed by atoms with Crippen molar-refractivity contribution in [2.75, 3.05) is 5.32 Å². The van der Waals surface area contributed by atoms with E-state index in [0.717, 1.165) is 42.5 Å². The van der Waals surface area contributed by atoms with Gasteiger partial charge in [-0.05, 0) is 37.8 Å². The maximum absolute atomic E-state index is 9.46. The van der Waals surface area contributed by atoms with Crippen LogP contribution in [0.3, 0.4) is 0 Å². The van der Waals surface area contributed by atoms with Gasteiger partial charge in [0.1, 0.15) is 5.52 Å². The van der Waals surface area contributed by atoms with Crippen LogP contribution >= 0.6 is 0 Å². The predicted molar refractivity (Wildman–Crippen MR) is 65.9 cm³/mol. The summed E-state index contributed by atoms with van der Waals surface area (Å²) in [5, 5.41) is 12.9. The number of oxazole rings is 1. The maximum Gasteiger partial charge on any atom is 0.181 e. The molecule has 0 unspecified atom stereocenters. The van der Waals surface area contributed by atoms with Gasteiger partial charge in [-0.25, -0.2) is 4.98 Å². The van der Waals surface area contributed by atoms with E-state index in [0.29, 0.717) is 6.04 Å². The largest absolute Gasteiger partial charge is 0.443 e. The summed E-state index contributed by atoms with van der Waals surface area (Å²) in [5.41, 5.74) is 2.76. The molecule has 0 spiro atoms. The normalized spacial score (nSPS) is 25.0. The molecule has 2 N–H and O–H groups in total. The first-order chi connectivity index (χ1) is 8.31. The third-order valence-electron chi connectivity index (χ3n) is 3.40. The van der Waals surface area contributed by atoms with Crippen LogP contribution in [0, 0.1) is 0 Å². The average Bonchev–Trinajstić information content (AvgIpc) is 2.79. The second-order valence-corrected chi connectivity index (χ2v) is 4.68. The monoisotopic (exact) mass is 232 g/mol. The fraction of sp³-hybridized carbons (Fsp3) is 0.462. The predicted octanol–water partition coefficient (Wildman–Crippen LogP) is 2.54. The second-order valence-electron chi connectivity index (χ2n) is 4.68. The summed E-state index contributed by atoms with van der Waals surface area (Å²) in [7, 11) is 0. The first kappa shape index (κ1) is 10.6. The van der Waals surface area contributed by atoms with Crippen molar-refractivity contribution in [3.05, 3.63) is 24.6 Å². The molecular formula is C13H16N2O2. The van der Waals surface area contributed by atoms with Crippen molar-refractivity contribution < 1.29 is 9.52 Å². The van der Waals surface area contributed by atoms with Crippen molar-refractivity contribution in [3.63, 3.8) is 0 Å². The highest BCUT2D eigenvalue weighted by Gasteiger charge is 2.19. The fourth-order valence-electron chi connectivity index (χ4n) is 2.40. The van der Waals surface area contributed by atoms with Crippen LogP contribution in [-0.4, -0.2) is 22.2 Å². The van der Waals surface area contributed by atoms with Crippen molar-refractivity contribution >= 4 is 16.8 Å². The molecule has 3 rings (SSSR count). The van der Waals surface area contributed by atoms with E-state index in [9.17, 15) is 5.11 Å². The summed E-state index contributed by atoms with van der Waals surface area (Å²) in [5.74, 6) is 0. The Kier molecular flexibility index (Phi) is 2.73. The fourth-order valence-corrected chi connectivity index (χ4v) is 2.40. The van der Waals surface area contributed by atoms with Crippen LogP contribution < -0.4 is 5.32 Å². The van der Waals surface area contributed by atoms with Crippen LogP contribution in [0.1, 0.15) is 25.7 Å². The van der Waals surface area contributed by atoms with E-state index >= 15 is 0 Å². The molecule has 4 nitrogen and oxygen atoms in total. The Morgan fingerprint density at radius 1 is 1.24 bits per heavy atom. The number of aliphatic hydroxyl groups is 1. The molecule has 17 heavy (non-hydrogen) atoms. The van der Waals surface area contributed by atoms with Gasteiger partial charge in [-0.2, -0.15) is 0 Å². The zero-order valence-electron chi connectivity index (χ0n) is 9.60. The maximum atomic E-state index is 9.46. The Morgan fingerprint density at radius 2 is 2.06 bits per heavy atom. The molecule has 0 amide bonds. The molecule has 2 aromatic rings. The van der Waals surface area contributed by atoms with Crippen LogP contribution in [0.5, 0.6) is 0 Å². The molecule has 0 saturated heterocycles. The van der Waals surface area contributed by atoms with E-state index in [1.165, 1.54) is 6.39 Å². The molecule has 1 saturated carbocycles. The van der Waals surface area contributed by atoms with E-state index in [2.05, 4.69) is 10.3 Å². The van der Waals surface area contributed by atoms with Gasteiger partial charge in [0.2, 0.25) is 0 Å². The van der Waals surface area contributed by atoms with E-state index in [1.807, 2.05) is 18.2 Å². The van der Waals surface area contributed by atoms with Gasteiger partial charge >= 0.3 is 0 Å². The lowest BCUT2D eigenvalue weighted by molar-refractivity contribution is 0.126. The Labute approximate surface area is 99.7 Å². The number of nitrogens with one attached hydrogen (secondary N) is 1. The summed E-state index contributed by atoms with van der Waals surface area (Å²) in [6, 6.07) is 6.42. The number of benzene rings is 1. The molecule has 1 aromatic carbocycles. The minimum atomic E-state index is -0.107. The molecule has 0 atom stereocenters. The quantitative estimate of drug-likeness (QED) is 0.835. The van der Waals surface area contributed by atoms with Gasteiger partial charge in [0.15, 0.2) is 12.0 Å². The van der Waals surface area contributed by atoms with Crippen LogP contribution in [-0.2, 0) is 0 Å². The van der Waals surface area contributed by atoms with Gasteiger partial charge in [0.25, 0.3) is 0 Å². The third-order valence-corrected chi connectivity index (χ3v) is 3.40. The lowest BCUT2D eigenvalue weighted by Crippen LogP contribution is -2.28. The third kappa shape index (κ3) is 2.26. The molecule has 1 aliphatic rings. The number of hydrogen-bond donors (Lipinski definition) is 2. The number of aromatic nitrogens is 1. The molecule has 1 aromatic heterocycles. The SMILES string of the molecule is OC1CCC(Nc2ccc3ncoc3c2)CC1. The molecule has 1 fully saturated rings. The Balaban J connectivity index is 1.71. The van der Waals surface area contributed by atoms with Gasteiger partial charge < -0.3 is 14.8 Å². The first-order valence-electron chi connectivity index (χ1n) is 6.09. The smallest absolute Gasteiger partial charge is 0.181 e. The zero-order valence-corrected chi connectivity index (χ0v) is 9.60. The second kappa shape index (κ2) is 4.37. The van der Waals surface area contributed by atoms with Crippen molar-refractivity contribution in [2.45, 2.75) is 37.8 Å². The van der Waals surface area contributed by atoms with E-state index < -0.39 is 0 Å². The lowest BCUT2D eigenvalue weighted by Gasteiger charge is -2.26. The van der Waals surface area contributed by atoms with Gasteiger partial charge in [-0.15, -0.1) is 0 Å². The van der Waals surface area contributed by atoms with Crippen molar-refractivity contribution in [1.82, 2.24) is 4.98 Å². The van der Waals surface area contributed by atoms with Gasteiger partial charge in [-0.3, -0.25) is 0 Å². The molecule has 0 radical (unpaired) electrons. The van der Waals surface area contributed by atoms with Crippen molar-refractivity contribution in [1.29, 1.82) is 0 Å². The molecule has 0 aliphatic heterocycles. The minimum Gasteiger partial charge on any atom is -0.443 e. The summed E-state index contributed by atoms with van der Waals surface area (Å²) in [4.78, 5) is 4.09. The number of nitrogens with zero attached hydrogens (tertiary/aromatic N) is 1. The van der Waals surface area contributed by atoms with Crippen LogP contribution in [0.2, 0.25) is 0 Å². The molecule has 1 heterocycles. The average molecular weight is 232 g/mol. The highest BCUT2D eigenvalue weighted by atomic mass is 16.3. The summed E-state index contributed by atoms with van der Waals surface area (Å²) in [6.45, 7) is 0. The van der Waals surface area contributed by atoms with E-state index in [4.69, 9.17) is 4.42 Å². The Bertz CT molecular complexity index is 501. The molecule has 1 aliphatic carbocycles.